The van der Waals surface area contributed by atoms with Crippen LogP contribution in [0.4, 0.5) is 0 Å². The van der Waals surface area contributed by atoms with Gasteiger partial charge in [0.2, 0.25) is 0 Å². The summed E-state index contributed by atoms with van der Waals surface area (Å²) in [6.07, 6.45) is 1.54. The first-order valence-corrected chi connectivity index (χ1v) is 6.28. The fourth-order valence-electron chi connectivity index (χ4n) is 2.12. The molecule has 0 N–H and O–H groups in total. The Labute approximate surface area is 110 Å². The summed E-state index contributed by atoms with van der Waals surface area (Å²) in [6.45, 7) is 5.98. The van der Waals surface area contributed by atoms with E-state index in [0.717, 1.165) is 25.3 Å². The number of benzene rings is 1. The van der Waals surface area contributed by atoms with Crippen LogP contribution in [-0.2, 0) is 6.42 Å². The van der Waals surface area contributed by atoms with Gasteiger partial charge in [0.25, 0.3) is 0 Å². The van der Waals surface area contributed by atoms with Crippen LogP contribution in [0, 0.1) is 25.2 Å². The summed E-state index contributed by atoms with van der Waals surface area (Å²) >= 11 is 0. The second kappa shape index (κ2) is 7.03. The van der Waals surface area contributed by atoms with E-state index in [2.05, 4.69) is 36.9 Å². The minimum absolute atomic E-state index is 0.584. The average Bonchev–Trinajstić information content (AvgIpc) is 2.34. The van der Waals surface area contributed by atoms with Gasteiger partial charge in [-0.25, -0.2) is 0 Å². The first-order valence-electron chi connectivity index (χ1n) is 6.28. The molecular formula is C15H22N2O. The molecular weight excluding hydrogens is 224 g/mol. The molecule has 18 heavy (non-hydrogen) atoms. The number of nitrogens with zero attached hydrogens (tertiary/aromatic N) is 2. The first-order chi connectivity index (χ1) is 8.58. The van der Waals surface area contributed by atoms with Gasteiger partial charge >= 0.3 is 0 Å². The predicted octanol–water partition coefficient (Wildman–Crippen LogP) is 2.70. The van der Waals surface area contributed by atoms with Crippen molar-refractivity contribution in [2.45, 2.75) is 26.7 Å². The van der Waals surface area contributed by atoms with Crippen molar-refractivity contribution in [3.05, 3.63) is 28.8 Å². The summed E-state index contributed by atoms with van der Waals surface area (Å²) in [7, 11) is 3.77. The van der Waals surface area contributed by atoms with Crippen molar-refractivity contribution in [1.82, 2.24) is 4.90 Å². The maximum absolute atomic E-state index is 8.56. The highest BCUT2D eigenvalue weighted by molar-refractivity contribution is 5.43. The van der Waals surface area contributed by atoms with Crippen LogP contribution in [0.5, 0.6) is 5.75 Å². The normalized spacial score (nSPS) is 10.4. The van der Waals surface area contributed by atoms with Gasteiger partial charge in [0.05, 0.1) is 13.2 Å². The number of likely N-dealkylation sites (N-methyl/N-ethyl adjacent to an activating group) is 1. The molecule has 0 bridgehead atoms. The Morgan fingerprint density at radius 3 is 2.61 bits per heavy atom. The predicted molar refractivity (Wildman–Crippen MR) is 73.9 cm³/mol. The minimum atomic E-state index is 0.584. The smallest absolute Gasteiger partial charge is 0.122 e. The van der Waals surface area contributed by atoms with Crippen molar-refractivity contribution in [3.63, 3.8) is 0 Å². The fraction of sp³-hybridized carbons (Fsp3) is 0.533. The molecule has 0 fully saturated rings. The monoisotopic (exact) mass is 246 g/mol. The van der Waals surface area contributed by atoms with E-state index >= 15 is 0 Å². The highest BCUT2D eigenvalue weighted by atomic mass is 16.5. The Kier molecular flexibility index (Phi) is 5.67. The summed E-state index contributed by atoms with van der Waals surface area (Å²) in [5.41, 5.74) is 3.78. The largest absolute Gasteiger partial charge is 0.496 e. The van der Waals surface area contributed by atoms with E-state index in [0.29, 0.717) is 6.42 Å². The van der Waals surface area contributed by atoms with E-state index in [-0.39, 0.29) is 0 Å². The molecule has 98 valence electrons. The van der Waals surface area contributed by atoms with Gasteiger partial charge in [0.15, 0.2) is 0 Å². The standard InChI is InChI=1S/C15H22N2O/c1-12-10-13(2)14(15(11-12)18-4)6-9-17(3)8-5-7-16/h10-11H,5-6,8-9H2,1-4H3. The molecule has 3 heteroatoms. The average molecular weight is 246 g/mol. The highest BCUT2D eigenvalue weighted by Crippen LogP contribution is 2.24. The molecule has 0 amide bonds. The number of ether oxygens (including phenoxy) is 1. The molecule has 0 radical (unpaired) electrons. The number of nitriles is 1. The molecule has 0 unspecified atom stereocenters. The molecule has 1 rings (SSSR count). The van der Waals surface area contributed by atoms with Crippen LogP contribution in [0.25, 0.3) is 0 Å². The molecule has 1 aromatic rings. The third kappa shape index (κ3) is 4.05. The minimum Gasteiger partial charge on any atom is -0.496 e. The zero-order chi connectivity index (χ0) is 13.5. The van der Waals surface area contributed by atoms with Crippen LogP contribution in [-0.4, -0.2) is 32.1 Å². The number of methoxy groups -OCH3 is 1. The van der Waals surface area contributed by atoms with Crippen LogP contribution in [0.2, 0.25) is 0 Å². The second-order valence-electron chi connectivity index (χ2n) is 4.72. The lowest BCUT2D eigenvalue weighted by Gasteiger charge is -2.18. The lowest BCUT2D eigenvalue weighted by molar-refractivity contribution is 0.342. The molecule has 3 nitrogen and oxygen atoms in total. The fourth-order valence-corrected chi connectivity index (χ4v) is 2.12. The van der Waals surface area contributed by atoms with Crippen LogP contribution in [0.15, 0.2) is 12.1 Å². The Morgan fingerprint density at radius 2 is 2.00 bits per heavy atom. The quantitative estimate of drug-likeness (QED) is 0.774. The van der Waals surface area contributed by atoms with E-state index < -0.39 is 0 Å². The zero-order valence-corrected chi connectivity index (χ0v) is 11.8. The number of rotatable bonds is 6. The maximum Gasteiger partial charge on any atom is 0.122 e. The van der Waals surface area contributed by atoms with Gasteiger partial charge in [0, 0.05) is 19.5 Å². The SMILES string of the molecule is COc1cc(C)cc(C)c1CCN(C)CCC#N. The lowest BCUT2D eigenvalue weighted by Crippen LogP contribution is -2.22. The van der Waals surface area contributed by atoms with Gasteiger partial charge in [-0.1, -0.05) is 6.07 Å². The number of hydrogen-bond acceptors (Lipinski definition) is 3. The third-order valence-corrected chi connectivity index (χ3v) is 3.15. The summed E-state index contributed by atoms with van der Waals surface area (Å²) in [4.78, 5) is 2.18. The maximum atomic E-state index is 8.56. The molecule has 0 atom stereocenters. The highest BCUT2D eigenvalue weighted by Gasteiger charge is 2.08. The van der Waals surface area contributed by atoms with Crippen LogP contribution >= 0.6 is 0 Å². The zero-order valence-electron chi connectivity index (χ0n) is 11.8. The van der Waals surface area contributed by atoms with Gasteiger partial charge in [0.1, 0.15) is 5.75 Å². The molecule has 0 aliphatic carbocycles. The van der Waals surface area contributed by atoms with Crippen LogP contribution in [0.3, 0.4) is 0 Å². The molecule has 0 aromatic heterocycles. The van der Waals surface area contributed by atoms with Gasteiger partial charge < -0.3 is 9.64 Å². The second-order valence-corrected chi connectivity index (χ2v) is 4.72. The first kappa shape index (κ1) is 14.5. The Bertz CT molecular complexity index is 435. The van der Waals surface area contributed by atoms with E-state index in [1.165, 1.54) is 16.7 Å². The van der Waals surface area contributed by atoms with E-state index in [9.17, 15) is 0 Å². The molecule has 1 aromatic carbocycles. The number of aryl methyl sites for hydroxylation is 2. The summed E-state index contributed by atoms with van der Waals surface area (Å²) < 4.78 is 5.45. The van der Waals surface area contributed by atoms with Crippen LogP contribution in [0.1, 0.15) is 23.1 Å². The topological polar surface area (TPSA) is 36.3 Å². The van der Waals surface area contributed by atoms with Crippen molar-refractivity contribution in [2.24, 2.45) is 0 Å². The van der Waals surface area contributed by atoms with Crippen molar-refractivity contribution in [1.29, 1.82) is 5.26 Å². The summed E-state index contributed by atoms with van der Waals surface area (Å²) in [5.74, 6) is 0.973. The lowest BCUT2D eigenvalue weighted by atomic mass is 10.0. The van der Waals surface area contributed by atoms with Crippen molar-refractivity contribution in [3.8, 4) is 11.8 Å². The van der Waals surface area contributed by atoms with E-state index in [4.69, 9.17) is 10.00 Å². The van der Waals surface area contributed by atoms with Crippen molar-refractivity contribution in [2.75, 3.05) is 27.2 Å². The molecule has 0 heterocycles. The van der Waals surface area contributed by atoms with Crippen molar-refractivity contribution >= 4 is 0 Å². The summed E-state index contributed by atoms with van der Waals surface area (Å²) in [5, 5.41) is 8.56. The third-order valence-electron chi connectivity index (χ3n) is 3.15. The Morgan fingerprint density at radius 1 is 1.28 bits per heavy atom. The van der Waals surface area contributed by atoms with E-state index in [1.807, 2.05) is 7.05 Å². The number of hydrogen-bond donors (Lipinski definition) is 0. The molecule has 0 spiro atoms. The molecule has 0 saturated carbocycles. The Hall–Kier alpha value is -1.53. The van der Waals surface area contributed by atoms with Gasteiger partial charge in [-0.3, -0.25) is 0 Å². The molecule has 0 aliphatic rings. The molecule has 0 saturated heterocycles. The van der Waals surface area contributed by atoms with Gasteiger partial charge in [-0.15, -0.1) is 0 Å². The Balaban J connectivity index is 2.70. The molecule has 0 aliphatic heterocycles. The van der Waals surface area contributed by atoms with E-state index in [1.54, 1.807) is 7.11 Å². The van der Waals surface area contributed by atoms with Gasteiger partial charge in [-0.05, 0) is 50.1 Å². The summed E-state index contributed by atoms with van der Waals surface area (Å²) in [6, 6.07) is 6.44. The van der Waals surface area contributed by atoms with Crippen LogP contribution < -0.4 is 4.74 Å². The van der Waals surface area contributed by atoms with Crippen molar-refractivity contribution < 1.29 is 4.74 Å². The van der Waals surface area contributed by atoms with Gasteiger partial charge in [-0.2, -0.15) is 5.26 Å².